The number of carbonyl (C=O) groups excluding carboxylic acids is 1. The zero-order valence-electron chi connectivity index (χ0n) is 13.3. The SMILES string of the molecule is CC(C)(Cc1ccccc1Cl)NC(=O)Cc1ccc(N)cc1.Cl. The fourth-order valence-corrected chi connectivity index (χ4v) is 2.61. The number of nitrogens with one attached hydrogen (secondary N) is 1. The molecule has 124 valence electrons. The van der Waals surface area contributed by atoms with Gasteiger partial charge in [0, 0.05) is 16.2 Å². The molecule has 2 aromatic rings. The van der Waals surface area contributed by atoms with Gasteiger partial charge in [0.1, 0.15) is 0 Å². The highest BCUT2D eigenvalue weighted by Crippen LogP contribution is 2.21. The smallest absolute Gasteiger partial charge is 0.224 e. The molecule has 0 unspecified atom stereocenters. The normalized spacial score (nSPS) is 10.7. The Morgan fingerprint density at radius 1 is 1.13 bits per heavy atom. The first-order chi connectivity index (χ1) is 10.4. The summed E-state index contributed by atoms with van der Waals surface area (Å²) in [5.74, 6) is -0.0122. The Hall–Kier alpha value is -1.71. The van der Waals surface area contributed by atoms with Crippen LogP contribution in [0.3, 0.4) is 0 Å². The summed E-state index contributed by atoms with van der Waals surface area (Å²) in [6.45, 7) is 3.99. The second-order valence-corrected chi connectivity index (χ2v) is 6.53. The van der Waals surface area contributed by atoms with Crippen molar-refractivity contribution >= 4 is 35.6 Å². The number of carbonyl (C=O) groups is 1. The Bertz CT molecular complexity index is 654. The molecule has 0 radical (unpaired) electrons. The number of benzene rings is 2. The summed E-state index contributed by atoms with van der Waals surface area (Å²) >= 11 is 6.19. The van der Waals surface area contributed by atoms with Crippen molar-refractivity contribution in [2.24, 2.45) is 0 Å². The molecule has 0 aliphatic heterocycles. The van der Waals surface area contributed by atoms with E-state index in [4.69, 9.17) is 17.3 Å². The van der Waals surface area contributed by atoms with Gasteiger partial charge in [-0.3, -0.25) is 4.79 Å². The summed E-state index contributed by atoms with van der Waals surface area (Å²) in [7, 11) is 0. The van der Waals surface area contributed by atoms with Crippen molar-refractivity contribution in [3.8, 4) is 0 Å². The second-order valence-electron chi connectivity index (χ2n) is 6.12. The maximum absolute atomic E-state index is 12.2. The minimum absolute atomic E-state index is 0. The van der Waals surface area contributed by atoms with Crippen LogP contribution in [0.15, 0.2) is 48.5 Å². The van der Waals surface area contributed by atoms with Crippen LogP contribution in [0.1, 0.15) is 25.0 Å². The predicted molar refractivity (Wildman–Crippen MR) is 99.2 cm³/mol. The van der Waals surface area contributed by atoms with Gasteiger partial charge in [-0.05, 0) is 49.6 Å². The zero-order chi connectivity index (χ0) is 16.2. The Labute approximate surface area is 148 Å². The molecule has 0 aromatic heterocycles. The molecule has 1 amide bonds. The lowest BCUT2D eigenvalue weighted by Crippen LogP contribution is -2.45. The third-order valence-electron chi connectivity index (χ3n) is 3.41. The van der Waals surface area contributed by atoms with Crippen LogP contribution in [0.4, 0.5) is 5.69 Å². The summed E-state index contributed by atoms with van der Waals surface area (Å²) < 4.78 is 0. The molecule has 23 heavy (non-hydrogen) atoms. The van der Waals surface area contributed by atoms with Gasteiger partial charge in [0.05, 0.1) is 6.42 Å². The van der Waals surface area contributed by atoms with Crippen LogP contribution in [-0.4, -0.2) is 11.4 Å². The number of anilines is 1. The van der Waals surface area contributed by atoms with Gasteiger partial charge in [-0.2, -0.15) is 0 Å². The van der Waals surface area contributed by atoms with Crippen molar-refractivity contribution in [2.75, 3.05) is 5.73 Å². The third-order valence-corrected chi connectivity index (χ3v) is 3.78. The highest BCUT2D eigenvalue weighted by Gasteiger charge is 2.22. The number of amides is 1. The molecule has 0 aliphatic rings. The number of rotatable bonds is 5. The van der Waals surface area contributed by atoms with Crippen molar-refractivity contribution in [3.05, 3.63) is 64.7 Å². The monoisotopic (exact) mass is 352 g/mol. The molecule has 0 atom stereocenters. The van der Waals surface area contributed by atoms with Gasteiger partial charge in [-0.15, -0.1) is 12.4 Å². The fourth-order valence-electron chi connectivity index (χ4n) is 2.40. The number of hydrogen-bond donors (Lipinski definition) is 2. The molecule has 0 spiro atoms. The van der Waals surface area contributed by atoms with Gasteiger partial charge in [0.2, 0.25) is 5.91 Å². The third kappa shape index (κ3) is 6.12. The molecule has 0 bridgehead atoms. The molecule has 0 saturated carbocycles. The first-order valence-corrected chi connectivity index (χ1v) is 7.62. The van der Waals surface area contributed by atoms with Crippen LogP contribution in [0.2, 0.25) is 5.02 Å². The zero-order valence-corrected chi connectivity index (χ0v) is 14.9. The van der Waals surface area contributed by atoms with E-state index in [0.717, 1.165) is 16.1 Å². The first kappa shape index (κ1) is 19.3. The Morgan fingerprint density at radius 3 is 2.35 bits per heavy atom. The average molecular weight is 353 g/mol. The summed E-state index contributed by atoms with van der Waals surface area (Å²) in [4.78, 5) is 12.2. The van der Waals surface area contributed by atoms with Crippen LogP contribution < -0.4 is 11.1 Å². The molecule has 0 aliphatic carbocycles. The van der Waals surface area contributed by atoms with E-state index in [0.29, 0.717) is 18.5 Å². The summed E-state index contributed by atoms with van der Waals surface area (Å²) in [6.07, 6.45) is 1.02. The molecular formula is C18H22Cl2N2O. The van der Waals surface area contributed by atoms with Crippen molar-refractivity contribution in [2.45, 2.75) is 32.2 Å². The number of nitrogens with two attached hydrogens (primary N) is 1. The van der Waals surface area contributed by atoms with E-state index in [1.54, 1.807) is 12.1 Å². The van der Waals surface area contributed by atoms with E-state index in [2.05, 4.69) is 5.32 Å². The molecule has 3 N–H and O–H groups in total. The van der Waals surface area contributed by atoms with Crippen molar-refractivity contribution in [1.29, 1.82) is 0 Å². The highest BCUT2D eigenvalue weighted by atomic mass is 35.5. The Kier molecular flexibility index (Phi) is 6.92. The van der Waals surface area contributed by atoms with E-state index in [9.17, 15) is 4.79 Å². The average Bonchev–Trinajstić information content (AvgIpc) is 2.43. The molecule has 2 aromatic carbocycles. The maximum atomic E-state index is 12.2. The van der Waals surface area contributed by atoms with Crippen LogP contribution in [-0.2, 0) is 17.6 Å². The van der Waals surface area contributed by atoms with Gasteiger partial charge in [0.25, 0.3) is 0 Å². The largest absolute Gasteiger partial charge is 0.399 e. The van der Waals surface area contributed by atoms with Gasteiger partial charge in [-0.25, -0.2) is 0 Å². The molecule has 0 saturated heterocycles. The minimum Gasteiger partial charge on any atom is -0.399 e. The Balaban J connectivity index is 0.00000264. The summed E-state index contributed by atoms with van der Waals surface area (Å²) in [5.41, 5.74) is 7.95. The molecule has 5 heteroatoms. The van der Waals surface area contributed by atoms with Crippen molar-refractivity contribution < 1.29 is 4.79 Å². The first-order valence-electron chi connectivity index (χ1n) is 7.24. The van der Waals surface area contributed by atoms with Gasteiger partial charge in [0.15, 0.2) is 0 Å². The topological polar surface area (TPSA) is 55.1 Å². The second kappa shape index (κ2) is 8.23. The van der Waals surface area contributed by atoms with E-state index >= 15 is 0 Å². The summed E-state index contributed by atoms with van der Waals surface area (Å²) in [5, 5.41) is 3.79. The molecule has 3 nitrogen and oxygen atoms in total. The maximum Gasteiger partial charge on any atom is 0.224 e. The lowest BCUT2D eigenvalue weighted by atomic mass is 9.94. The lowest BCUT2D eigenvalue weighted by molar-refractivity contribution is -0.122. The highest BCUT2D eigenvalue weighted by molar-refractivity contribution is 6.31. The lowest BCUT2D eigenvalue weighted by Gasteiger charge is -2.27. The van der Waals surface area contributed by atoms with E-state index in [1.807, 2.05) is 50.2 Å². The molecule has 0 fully saturated rings. The molecular weight excluding hydrogens is 331 g/mol. The fraction of sp³-hybridized carbons (Fsp3) is 0.278. The van der Waals surface area contributed by atoms with E-state index < -0.39 is 0 Å². The van der Waals surface area contributed by atoms with Crippen molar-refractivity contribution in [1.82, 2.24) is 5.32 Å². The van der Waals surface area contributed by atoms with Crippen LogP contribution in [0.25, 0.3) is 0 Å². The van der Waals surface area contributed by atoms with Crippen LogP contribution in [0, 0.1) is 0 Å². The molecule has 0 heterocycles. The van der Waals surface area contributed by atoms with Gasteiger partial charge < -0.3 is 11.1 Å². The quantitative estimate of drug-likeness (QED) is 0.798. The number of hydrogen-bond acceptors (Lipinski definition) is 2. The van der Waals surface area contributed by atoms with Gasteiger partial charge >= 0.3 is 0 Å². The minimum atomic E-state index is -0.365. The predicted octanol–water partition coefficient (Wildman–Crippen LogP) is 4.02. The van der Waals surface area contributed by atoms with Crippen LogP contribution in [0.5, 0.6) is 0 Å². The van der Waals surface area contributed by atoms with Crippen molar-refractivity contribution in [3.63, 3.8) is 0 Å². The molecule has 2 rings (SSSR count). The number of nitrogen functional groups attached to an aromatic ring is 1. The summed E-state index contributed by atoms with van der Waals surface area (Å²) in [6, 6.07) is 15.0. The van der Waals surface area contributed by atoms with E-state index in [1.165, 1.54) is 0 Å². The standard InChI is InChI=1S/C18H21ClN2O.ClH/c1-18(2,12-14-5-3-4-6-16(14)19)21-17(22)11-13-7-9-15(20)10-8-13;/h3-10H,11-12,20H2,1-2H3,(H,21,22);1H. The van der Waals surface area contributed by atoms with Gasteiger partial charge in [-0.1, -0.05) is 41.9 Å². The number of halogens is 2. The Morgan fingerprint density at radius 2 is 1.74 bits per heavy atom. The van der Waals surface area contributed by atoms with E-state index in [-0.39, 0.29) is 23.9 Å². The van der Waals surface area contributed by atoms with Crippen LogP contribution >= 0.6 is 24.0 Å².